The van der Waals surface area contributed by atoms with Crippen LogP contribution in [-0.4, -0.2) is 63.7 Å². The van der Waals surface area contributed by atoms with Crippen LogP contribution in [-0.2, 0) is 4.74 Å². The monoisotopic (exact) mass is 296 g/mol. The number of ether oxygens (including phenoxy) is 3. The second kappa shape index (κ2) is 8.19. The summed E-state index contributed by atoms with van der Waals surface area (Å²) in [5, 5.41) is 13.4. The largest absolute Gasteiger partial charge is 0.454 e. The standard InChI is InChI=1S/C15H24N2O4/c1-17(7-8-19-2)6-5-16-10-13(18)12-3-4-14-15(9-12)21-11-20-14/h3-4,9,13,16,18H,5-8,10-11H2,1-2H3. The third kappa shape index (κ3) is 4.86. The van der Waals surface area contributed by atoms with E-state index in [1.54, 1.807) is 7.11 Å². The molecule has 21 heavy (non-hydrogen) atoms. The third-order valence-electron chi connectivity index (χ3n) is 3.47. The van der Waals surface area contributed by atoms with Crippen LogP contribution in [0.3, 0.4) is 0 Å². The molecule has 1 atom stereocenters. The summed E-state index contributed by atoms with van der Waals surface area (Å²) in [4.78, 5) is 2.18. The van der Waals surface area contributed by atoms with Crippen LogP contribution in [0.1, 0.15) is 11.7 Å². The minimum absolute atomic E-state index is 0.251. The van der Waals surface area contributed by atoms with E-state index in [4.69, 9.17) is 14.2 Å². The van der Waals surface area contributed by atoms with Gasteiger partial charge in [0.2, 0.25) is 6.79 Å². The van der Waals surface area contributed by atoms with Crippen molar-refractivity contribution in [3.8, 4) is 11.5 Å². The Hall–Kier alpha value is -1.34. The van der Waals surface area contributed by atoms with E-state index < -0.39 is 6.10 Å². The SMILES string of the molecule is COCCN(C)CCNCC(O)c1ccc2c(c1)OCO2. The van der Waals surface area contributed by atoms with Gasteiger partial charge in [0.15, 0.2) is 11.5 Å². The summed E-state index contributed by atoms with van der Waals surface area (Å²) in [6, 6.07) is 5.53. The van der Waals surface area contributed by atoms with Crippen LogP contribution < -0.4 is 14.8 Å². The molecule has 0 radical (unpaired) electrons. The molecule has 0 saturated carbocycles. The highest BCUT2D eigenvalue weighted by Gasteiger charge is 2.16. The Morgan fingerprint density at radius 3 is 2.95 bits per heavy atom. The van der Waals surface area contributed by atoms with Crippen molar-refractivity contribution in [1.82, 2.24) is 10.2 Å². The lowest BCUT2D eigenvalue weighted by Crippen LogP contribution is -2.33. The average molecular weight is 296 g/mol. The molecule has 1 heterocycles. The van der Waals surface area contributed by atoms with Gasteiger partial charge in [-0.2, -0.15) is 0 Å². The molecule has 1 aliphatic heterocycles. The summed E-state index contributed by atoms with van der Waals surface area (Å²) >= 11 is 0. The Kier molecular flexibility index (Phi) is 6.25. The van der Waals surface area contributed by atoms with Crippen molar-refractivity contribution in [1.29, 1.82) is 0 Å². The Morgan fingerprint density at radius 1 is 1.33 bits per heavy atom. The lowest BCUT2D eigenvalue weighted by molar-refractivity contribution is 0.156. The van der Waals surface area contributed by atoms with Gasteiger partial charge in [-0.15, -0.1) is 0 Å². The lowest BCUT2D eigenvalue weighted by Gasteiger charge is -2.17. The quantitative estimate of drug-likeness (QED) is 0.651. The second-order valence-electron chi connectivity index (χ2n) is 5.13. The fourth-order valence-electron chi connectivity index (χ4n) is 2.11. The highest BCUT2D eigenvalue weighted by atomic mass is 16.7. The summed E-state index contributed by atoms with van der Waals surface area (Å²) in [5.74, 6) is 1.43. The number of likely N-dealkylation sites (N-methyl/N-ethyl adjacent to an activating group) is 1. The van der Waals surface area contributed by atoms with Crippen LogP contribution in [0.5, 0.6) is 11.5 Å². The number of hydrogen-bond acceptors (Lipinski definition) is 6. The maximum atomic E-state index is 10.2. The molecule has 0 aromatic heterocycles. The van der Waals surface area contributed by atoms with Crippen LogP contribution in [0.2, 0.25) is 0 Å². The van der Waals surface area contributed by atoms with Crippen LogP contribution in [0, 0.1) is 0 Å². The van der Waals surface area contributed by atoms with Crippen molar-refractivity contribution >= 4 is 0 Å². The molecule has 0 saturated heterocycles. The molecule has 2 rings (SSSR count). The molecule has 1 unspecified atom stereocenters. The molecule has 2 N–H and O–H groups in total. The predicted molar refractivity (Wildman–Crippen MR) is 79.8 cm³/mol. The normalized spacial score (nSPS) is 14.7. The maximum absolute atomic E-state index is 10.2. The van der Waals surface area contributed by atoms with E-state index in [2.05, 4.69) is 17.3 Å². The molecule has 1 aliphatic rings. The first-order valence-corrected chi connectivity index (χ1v) is 7.16. The number of nitrogens with one attached hydrogen (secondary N) is 1. The van der Waals surface area contributed by atoms with Crippen LogP contribution in [0.4, 0.5) is 0 Å². The smallest absolute Gasteiger partial charge is 0.231 e. The molecular weight excluding hydrogens is 272 g/mol. The van der Waals surface area contributed by atoms with Crippen molar-refractivity contribution in [3.05, 3.63) is 23.8 Å². The molecule has 6 heteroatoms. The highest BCUT2D eigenvalue weighted by Crippen LogP contribution is 2.33. The van der Waals surface area contributed by atoms with Gasteiger partial charge in [0.05, 0.1) is 12.7 Å². The minimum Gasteiger partial charge on any atom is -0.454 e. The predicted octanol–water partition coefficient (Wildman–Crippen LogP) is 0.617. The first-order chi connectivity index (χ1) is 10.2. The van der Waals surface area contributed by atoms with Crippen LogP contribution >= 0.6 is 0 Å². The maximum Gasteiger partial charge on any atom is 0.231 e. The van der Waals surface area contributed by atoms with Gasteiger partial charge in [-0.3, -0.25) is 0 Å². The summed E-state index contributed by atoms with van der Waals surface area (Å²) in [6.07, 6.45) is -0.552. The molecule has 1 aromatic carbocycles. The average Bonchev–Trinajstić information content (AvgIpc) is 2.96. The summed E-state index contributed by atoms with van der Waals surface area (Å²) in [5.41, 5.74) is 0.833. The third-order valence-corrected chi connectivity index (χ3v) is 3.47. The first-order valence-electron chi connectivity index (χ1n) is 7.16. The van der Waals surface area contributed by atoms with E-state index in [9.17, 15) is 5.11 Å². The summed E-state index contributed by atoms with van der Waals surface area (Å²) in [6.45, 7) is 4.14. The molecule has 0 spiro atoms. The van der Waals surface area contributed by atoms with Crippen molar-refractivity contribution < 1.29 is 19.3 Å². The highest BCUT2D eigenvalue weighted by molar-refractivity contribution is 5.45. The van der Waals surface area contributed by atoms with E-state index in [0.717, 1.165) is 37.6 Å². The number of methoxy groups -OCH3 is 1. The van der Waals surface area contributed by atoms with Gasteiger partial charge < -0.3 is 29.5 Å². The Morgan fingerprint density at radius 2 is 2.14 bits per heavy atom. The Bertz CT molecular complexity index is 442. The minimum atomic E-state index is -0.552. The second-order valence-corrected chi connectivity index (χ2v) is 5.13. The van der Waals surface area contributed by atoms with E-state index in [1.807, 2.05) is 18.2 Å². The number of rotatable bonds is 9. The zero-order chi connectivity index (χ0) is 15.1. The molecular formula is C15H24N2O4. The zero-order valence-electron chi connectivity index (χ0n) is 12.7. The summed E-state index contributed by atoms with van der Waals surface area (Å²) in [7, 11) is 3.75. The van der Waals surface area contributed by atoms with Crippen molar-refractivity contribution in [3.63, 3.8) is 0 Å². The molecule has 0 bridgehead atoms. The number of aliphatic hydroxyl groups excluding tert-OH is 1. The van der Waals surface area contributed by atoms with Gasteiger partial charge in [0.25, 0.3) is 0 Å². The number of aliphatic hydroxyl groups is 1. The van der Waals surface area contributed by atoms with Gasteiger partial charge >= 0.3 is 0 Å². The molecule has 1 aromatic rings. The van der Waals surface area contributed by atoms with Crippen molar-refractivity contribution in [2.24, 2.45) is 0 Å². The van der Waals surface area contributed by atoms with E-state index in [-0.39, 0.29) is 6.79 Å². The van der Waals surface area contributed by atoms with Crippen LogP contribution in [0.25, 0.3) is 0 Å². The van der Waals surface area contributed by atoms with Gasteiger partial charge in [-0.1, -0.05) is 6.07 Å². The van der Waals surface area contributed by atoms with E-state index in [1.165, 1.54) is 0 Å². The Labute approximate surface area is 125 Å². The van der Waals surface area contributed by atoms with Gasteiger partial charge in [-0.05, 0) is 24.7 Å². The number of hydrogen-bond donors (Lipinski definition) is 2. The van der Waals surface area contributed by atoms with Crippen molar-refractivity contribution in [2.45, 2.75) is 6.10 Å². The Balaban J connectivity index is 1.69. The summed E-state index contributed by atoms with van der Waals surface area (Å²) < 4.78 is 15.6. The fraction of sp³-hybridized carbons (Fsp3) is 0.600. The lowest BCUT2D eigenvalue weighted by atomic mass is 10.1. The van der Waals surface area contributed by atoms with Gasteiger partial charge in [0.1, 0.15) is 0 Å². The molecule has 0 amide bonds. The topological polar surface area (TPSA) is 63.2 Å². The molecule has 118 valence electrons. The molecule has 6 nitrogen and oxygen atoms in total. The molecule has 0 fully saturated rings. The fourth-order valence-corrected chi connectivity index (χ4v) is 2.11. The van der Waals surface area contributed by atoms with E-state index >= 15 is 0 Å². The molecule has 0 aliphatic carbocycles. The van der Waals surface area contributed by atoms with E-state index in [0.29, 0.717) is 12.3 Å². The van der Waals surface area contributed by atoms with Crippen LogP contribution in [0.15, 0.2) is 18.2 Å². The number of nitrogens with zero attached hydrogens (tertiary/aromatic N) is 1. The number of fused-ring (bicyclic) bond motifs is 1. The van der Waals surface area contributed by atoms with Gasteiger partial charge in [0, 0.05) is 33.3 Å². The first kappa shape index (κ1) is 16.0. The van der Waals surface area contributed by atoms with Gasteiger partial charge in [-0.25, -0.2) is 0 Å². The number of benzene rings is 1. The zero-order valence-corrected chi connectivity index (χ0v) is 12.7. The van der Waals surface area contributed by atoms with Crippen molar-refractivity contribution in [2.75, 3.05) is 53.7 Å².